The Morgan fingerprint density at radius 1 is 1.47 bits per heavy atom. The molecule has 0 aromatic heterocycles. The number of halogens is 1. The predicted octanol–water partition coefficient (Wildman–Crippen LogP) is 1.07. The van der Waals surface area contributed by atoms with Crippen LogP contribution in [0.3, 0.4) is 0 Å². The normalized spacial score (nSPS) is 18.9. The summed E-state index contributed by atoms with van der Waals surface area (Å²) in [6.07, 6.45) is 0. The first kappa shape index (κ1) is 14.0. The van der Waals surface area contributed by atoms with Gasteiger partial charge >= 0.3 is 5.97 Å². The molecule has 2 rings (SSSR count). The average molecular weight is 329 g/mol. The number of hydrogen-bond donors (Lipinski definition) is 3. The molecular weight excluding hydrogens is 316 g/mol. The van der Waals surface area contributed by atoms with E-state index in [4.69, 9.17) is 9.84 Å². The quantitative estimate of drug-likeness (QED) is 0.772. The fraction of sp³-hybridized carbons (Fsp3) is 0.333. The van der Waals surface area contributed by atoms with Crippen molar-refractivity contribution in [3.05, 3.63) is 28.2 Å². The number of rotatable bonds is 3. The van der Waals surface area contributed by atoms with Crippen LogP contribution < -0.4 is 10.6 Å². The Bertz CT molecular complexity index is 501. The molecule has 0 radical (unpaired) electrons. The molecule has 1 aliphatic rings. The van der Waals surface area contributed by atoms with E-state index in [1.807, 2.05) is 0 Å². The minimum Gasteiger partial charge on any atom is -0.478 e. The van der Waals surface area contributed by atoms with Crippen molar-refractivity contribution >= 4 is 33.5 Å². The molecule has 1 saturated heterocycles. The molecule has 1 aliphatic heterocycles. The number of ether oxygens (including phenoxy) is 1. The summed E-state index contributed by atoms with van der Waals surface area (Å²) in [5.74, 6) is -1.29. The molecule has 1 unspecified atom stereocenters. The van der Waals surface area contributed by atoms with Crippen molar-refractivity contribution in [3.8, 4) is 0 Å². The molecule has 0 bridgehead atoms. The van der Waals surface area contributed by atoms with Gasteiger partial charge in [-0.15, -0.1) is 0 Å². The summed E-state index contributed by atoms with van der Waals surface area (Å²) in [6, 6.07) is 4.22. The van der Waals surface area contributed by atoms with E-state index in [-0.39, 0.29) is 11.5 Å². The van der Waals surface area contributed by atoms with E-state index < -0.39 is 12.0 Å². The Morgan fingerprint density at radius 2 is 2.26 bits per heavy atom. The second-order valence-electron chi connectivity index (χ2n) is 4.07. The number of carbonyl (C=O) groups is 2. The molecule has 1 atom stereocenters. The minimum atomic E-state index is -1.05. The van der Waals surface area contributed by atoms with Crippen LogP contribution in [0.1, 0.15) is 10.4 Å². The molecule has 0 aliphatic carbocycles. The van der Waals surface area contributed by atoms with E-state index in [9.17, 15) is 9.59 Å². The molecule has 1 fully saturated rings. The maximum absolute atomic E-state index is 11.9. The van der Waals surface area contributed by atoms with Crippen LogP contribution in [0.5, 0.6) is 0 Å². The Morgan fingerprint density at radius 3 is 2.89 bits per heavy atom. The first-order chi connectivity index (χ1) is 9.08. The lowest BCUT2D eigenvalue weighted by atomic mass is 10.2. The first-order valence-corrected chi connectivity index (χ1v) is 6.52. The van der Waals surface area contributed by atoms with Crippen molar-refractivity contribution in [2.75, 3.05) is 25.1 Å². The van der Waals surface area contributed by atoms with Crippen LogP contribution in [0.2, 0.25) is 0 Å². The number of carbonyl (C=O) groups excluding carboxylic acids is 1. The Kier molecular flexibility index (Phi) is 4.52. The van der Waals surface area contributed by atoms with E-state index >= 15 is 0 Å². The zero-order chi connectivity index (χ0) is 13.8. The molecular formula is C12H13BrN2O4. The van der Waals surface area contributed by atoms with E-state index in [1.54, 1.807) is 12.1 Å². The van der Waals surface area contributed by atoms with Crippen LogP contribution in [0, 0.1) is 0 Å². The van der Waals surface area contributed by atoms with Crippen LogP contribution in [-0.2, 0) is 9.53 Å². The highest BCUT2D eigenvalue weighted by atomic mass is 79.9. The zero-order valence-electron chi connectivity index (χ0n) is 9.98. The number of carboxylic acid groups (broad SMARTS) is 1. The topological polar surface area (TPSA) is 87.7 Å². The highest BCUT2D eigenvalue weighted by Crippen LogP contribution is 2.21. The third kappa shape index (κ3) is 3.52. The van der Waals surface area contributed by atoms with Gasteiger partial charge in [-0.05, 0) is 34.1 Å². The van der Waals surface area contributed by atoms with Crippen LogP contribution in [0.4, 0.5) is 5.69 Å². The highest BCUT2D eigenvalue weighted by Gasteiger charge is 2.21. The Hall–Kier alpha value is -1.44. The summed E-state index contributed by atoms with van der Waals surface area (Å²) in [5.41, 5.74) is 0.545. The van der Waals surface area contributed by atoms with Crippen molar-refractivity contribution in [1.82, 2.24) is 5.32 Å². The molecule has 1 heterocycles. The van der Waals surface area contributed by atoms with Gasteiger partial charge in [0, 0.05) is 16.7 Å². The van der Waals surface area contributed by atoms with Crippen LogP contribution >= 0.6 is 15.9 Å². The number of amides is 1. The van der Waals surface area contributed by atoms with Crippen LogP contribution in [0.15, 0.2) is 22.7 Å². The van der Waals surface area contributed by atoms with Gasteiger partial charge in [-0.3, -0.25) is 4.79 Å². The zero-order valence-corrected chi connectivity index (χ0v) is 11.6. The number of aromatic carboxylic acids is 1. The maximum atomic E-state index is 11.9. The second-order valence-corrected chi connectivity index (χ2v) is 4.92. The fourth-order valence-electron chi connectivity index (χ4n) is 1.73. The maximum Gasteiger partial charge on any atom is 0.336 e. The van der Waals surface area contributed by atoms with Crippen LogP contribution in [-0.4, -0.2) is 42.8 Å². The number of anilines is 1. The van der Waals surface area contributed by atoms with Crippen molar-refractivity contribution in [3.63, 3.8) is 0 Å². The monoisotopic (exact) mass is 328 g/mol. The molecule has 102 valence electrons. The average Bonchev–Trinajstić information content (AvgIpc) is 2.41. The molecule has 6 nitrogen and oxygen atoms in total. The highest BCUT2D eigenvalue weighted by molar-refractivity contribution is 9.10. The summed E-state index contributed by atoms with van der Waals surface area (Å²) in [4.78, 5) is 22.9. The molecule has 1 amide bonds. The van der Waals surface area contributed by atoms with Gasteiger partial charge in [0.25, 0.3) is 0 Å². The summed E-state index contributed by atoms with van der Waals surface area (Å²) in [7, 11) is 0. The lowest BCUT2D eigenvalue weighted by Gasteiger charge is -2.23. The number of morpholine rings is 1. The second kappa shape index (κ2) is 6.14. The van der Waals surface area contributed by atoms with E-state index in [2.05, 4.69) is 26.6 Å². The standard InChI is InChI=1S/C12H13BrN2O4/c13-9-2-1-7(5-8(9)12(17)18)15-11(16)10-6-19-4-3-14-10/h1-2,5,10,14H,3-4,6H2,(H,15,16)(H,17,18). The van der Waals surface area contributed by atoms with Crippen molar-refractivity contribution in [1.29, 1.82) is 0 Å². The van der Waals surface area contributed by atoms with Gasteiger partial charge in [0.1, 0.15) is 6.04 Å². The van der Waals surface area contributed by atoms with E-state index in [0.29, 0.717) is 29.9 Å². The number of benzene rings is 1. The van der Waals surface area contributed by atoms with Gasteiger partial charge in [-0.1, -0.05) is 0 Å². The van der Waals surface area contributed by atoms with Crippen LogP contribution in [0.25, 0.3) is 0 Å². The van der Waals surface area contributed by atoms with Gasteiger partial charge in [-0.25, -0.2) is 4.79 Å². The molecule has 0 saturated carbocycles. The summed E-state index contributed by atoms with van der Waals surface area (Å²) in [5, 5.41) is 14.7. The lowest BCUT2D eigenvalue weighted by Crippen LogP contribution is -2.48. The van der Waals surface area contributed by atoms with Crippen molar-refractivity contribution < 1.29 is 19.4 Å². The SMILES string of the molecule is O=C(O)c1cc(NC(=O)C2COCCN2)ccc1Br. The lowest BCUT2D eigenvalue weighted by molar-refractivity contribution is -0.120. The van der Waals surface area contributed by atoms with Gasteiger partial charge in [-0.2, -0.15) is 0 Å². The summed E-state index contributed by atoms with van der Waals surface area (Å²) in [6.45, 7) is 1.53. The third-order valence-corrected chi connectivity index (χ3v) is 3.39. The molecule has 1 aromatic rings. The molecule has 3 N–H and O–H groups in total. The van der Waals surface area contributed by atoms with Gasteiger partial charge in [0.05, 0.1) is 18.8 Å². The van der Waals surface area contributed by atoms with Crippen molar-refractivity contribution in [2.45, 2.75) is 6.04 Å². The summed E-state index contributed by atoms with van der Waals surface area (Å²) >= 11 is 3.15. The van der Waals surface area contributed by atoms with Gasteiger partial charge in [0.2, 0.25) is 5.91 Å². The first-order valence-electron chi connectivity index (χ1n) is 5.73. The Balaban J connectivity index is 2.08. The smallest absolute Gasteiger partial charge is 0.336 e. The minimum absolute atomic E-state index is 0.102. The van der Waals surface area contributed by atoms with E-state index in [0.717, 1.165) is 0 Å². The molecule has 7 heteroatoms. The Labute approximate surface area is 118 Å². The fourth-order valence-corrected chi connectivity index (χ4v) is 2.15. The largest absolute Gasteiger partial charge is 0.478 e. The van der Waals surface area contributed by atoms with Crippen molar-refractivity contribution in [2.24, 2.45) is 0 Å². The predicted molar refractivity (Wildman–Crippen MR) is 72.3 cm³/mol. The number of carboxylic acids is 1. The molecule has 1 aromatic carbocycles. The number of hydrogen-bond acceptors (Lipinski definition) is 4. The summed E-state index contributed by atoms with van der Waals surface area (Å²) < 4.78 is 5.67. The number of nitrogens with one attached hydrogen (secondary N) is 2. The third-order valence-electron chi connectivity index (χ3n) is 2.70. The molecule has 19 heavy (non-hydrogen) atoms. The van der Waals surface area contributed by atoms with E-state index in [1.165, 1.54) is 6.07 Å². The van der Waals surface area contributed by atoms with Gasteiger partial charge in [0.15, 0.2) is 0 Å². The van der Waals surface area contributed by atoms with Gasteiger partial charge < -0.3 is 20.5 Å². The molecule has 0 spiro atoms.